The van der Waals surface area contributed by atoms with Crippen molar-refractivity contribution < 1.29 is 4.74 Å². The third-order valence-electron chi connectivity index (χ3n) is 3.11. The highest BCUT2D eigenvalue weighted by molar-refractivity contribution is 7.11. The van der Waals surface area contributed by atoms with Crippen LogP contribution in [-0.4, -0.2) is 25.1 Å². The molecule has 0 spiro atoms. The van der Waals surface area contributed by atoms with Gasteiger partial charge in [-0.2, -0.15) is 0 Å². The number of thiazole rings is 1. The maximum Gasteiger partial charge on any atom is 0.191 e. The first-order chi connectivity index (χ1) is 10.6. The van der Waals surface area contributed by atoms with E-state index in [-0.39, 0.29) is 0 Å². The lowest BCUT2D eigenvalue weighted by Gasteiger charge is -2.12. The molecule has 5 nitrogen and oxygen atoms in total. The van der Waals surface area contributed by atoms with Crippen LogP contribution in [0.4, 0.5) is 0 Å². The van der Waals surface area contributed by atoms with Crippen LogP contribution in [0.1, 0.15) is 21.0 Å². The average molecular weight is 318 g/mol. The van der Waals surface area contributed by atoms with Crippen molar-refractivity contribution in [1.29, 1.82) is 0 Å². The first-order valence-corrected chi connectivity index (χ1v) is 7.92. The summed E-state index contributed by atoms with van der Waals surface area (Å²) in [5.74, 6) is 1.63. The molecule has 6 heteroatoms. The summed E-state index contributed by atoms with van der Waals surface area (Å²) >= 11 is 1.69. The Kier molecular flexibility index (Phi) is 5.77. The molecule has 1 aromatic carbocycles. The fraction of sp³-hybridized carbons (Fsp3) is 0.375. The molecule has 1 aromatic heterocycles. The van der Waals surface area contributed by atoms with Crippen LogP contribution in [0.25, 0.3) is 0 Å². The van der Waals surface area contributed by atoms with Gasteiger partial charge in [-0.25, -0.2) is 4.98 Å². The number of ether oxygens (including phenoxy) is 1. The van der Waals surface area contributed by atoms with Gasteiger partial charge in [0.15, 0.2) is 5.96 Å². The van der Waals surface area contributed by atoms with Gasteiger partial charge in [0.05, 0.1) is 13.7 Å². The minimum atomic E-state index is 0.676. The highest BCUT2D eigenvalue weighted by Crippen LogP contribution is 2.16. The van der Waals surface area contributed by atoms with Crippen LogP contribution in [0.2, 0.25) is 0 Å². The van der Waals surface area contributed by atoms with Gasteiger partial charge < -0.3 is 15.4 Å². The zero-order chi connectivity index (χ0) is 15.9. The van der Waals surface area contributed by atoms with Gasteiger partial charge in [-0.15, -0.1) is 11.3 Å². The summed E-state index contributed by atoms with van der Waals surface area (Å²) in [5, 5.41) is 7.62. The van der Waals surface area contributed by atoms with Gasteiger partial charge in [-0.05, 0) is 37.1 Å². The van der Waals surface area contributed by atoms with Crippen molar-refractivity contribution in [3.8, 4) is 5.75 Å². The summed E-state index contributed by atoms with van der Waals surface area (Å²) in [6, 6.07) is 6.17. The van der Waals surface area contributed by atoms with Gasteiger partial charge in [0.25, 0.3) is 0 Å². The average Bonchev–Trinajstić information content (AvgIpc) is 2.92. The van der Waals surface area contributed by atoms with E-state index in [1.165, 1.54) is 10.4 Å². The van der Waals surface area contributed by atoms with E-state index in [4.69, 9.17) is 4.74 Å². The number of aryl methyl sites for hydroxylation is 2. The van der Waals surface area contributed by atoms with Crippen LogP contribution in [-0.2, 0) is 13.1 Å². The van der Waals surface area contributed by atoms with Crippen molar-refractivity contribution in [3.63, 3.8) is 0 Å². The number of nitrogens with one attached hydrogen (secondary N) is 2. The molecule has 0 saturated carbocycles. The Morgan fingerprint density at radius 1 is 1.23 bits per heavy atom. The summed E-state index contributed by atoms with van der Waals surface area (Å²) in [5.41, 5.74) is 2.34. The van der Waals surface area contributed by atoms with E-state index >= 15 is 0 Å². The molecule has 0 bridgehead atoms. The molecule has 0 aliphatic rings. The Hall–Kier alpha value is -2.08. The van der Waals surface area contributed by atoms with E-state index in [2.05, 4.69) is 40.5 Å². The fourth-order valence-electron chi connectivity index (χ4n) is 2.09. The molecular weight excluding hydrogens is 296 g/mol. The van der Waals surface area contributed by atoms with E-state index in [0.29, 0.717) is 13.1 Å². The molecule has 1 heterocycles. The molecule has 0 unspecified atom stereocenters. The number of guanidine groups is 1. The third-order valence-corrected chi connectivity index (χ3v) is 4.02. The van der Waals surface area contributed by atoms with Gasteiger partial charge in [0, 0.05) is 24.7 Å². The van der Waals surface area contributed by atoms with Crippen LogP contribution in [0.15, 0.2) is 29.4 Å². The largest absolute Gasteiger partial charge is 0.497 e. The van der Waals surface area contributed by atoms with Crippen LogP contribution >= 0.6 is 11.3 Å². The van der Waals surface area contributed by atoms with E-state index < -0.39 is 0 Å². The summed E-state index contributed by atoms with van der Waals surface area (Å²) in [6.07, 6.45) is 1.89. The maximum absolute atomic E-state index is 5.30. The van der Waals surface area contributed by atoms with Crippen molar-refractivity contribution in [2.45, 2.75) is 26.9 Å². The number of benzene rings is 1. The van der Waals surface area contributed by atoms with Crippen LogP contribution in [0, 0.1) is 13.8 Å². The molecule has 118 valence electrons. The van der Waals surface area contributed by atoms with Gasteiger partial charge in [0.1, 0.15) is 10.8 Å². The van der Waals surface area contributed by atoms with Gasteiger partial charge >= 0.3 is 0 Å². The normalized spacial score (nSPS) is 11.4. The fourth-order valence-corrected chi connectivity index (χ4v) is 2.82. The second kappa shape index (κ2) is 7.79. The monoisotopic (exact) mass is 318 g/mol. The van der Waals surface area contributed by atoms with Crippen LogP contribution in [0.5, 0.6) is 5.75 Å². The Morgan fingerprint density at radius 2 is 2.00 bits per heavy atom. The molecule has 0 saturated heterocycles. The molecule has 2 N–H and O–H groups in total. The van der Waals surface area contributed by atoms with Gasteiger partial charge in [0.2, 0.25) is 0 Å². The number of methoxy groups -OCH3 is 1. The number of nitrogens with zero attached hydrogens (tertiary/aromatic N) is 2. The van der Waals surface area contributed by atoms with E-state index in [1.807, 2.05) is 18.3 Å². The number of hydrogen-bond donors (Lipinski definition) is 2. The molecule has 0 atom stereocenters. The third kappa shape index (κ3) is 4.73. The zero-order valence-corrected chi connectivity index (χ0v) is 14.3. The first-order valence-electron chi connectivity index (χ1n) is 7.11. The summed E-state index contributed by atoms with van der Waals surface area (Å²) in [7, 11) is 3.45. The minimum absolute atomic E-state index is 0.676. The molecule has 2 aromatic rings. The topological polar surface area (TPSA) is 58.5 Å². The molecule has 0 aliphatic carbocycles. The molecule has 2 rings (SSSR count). The number of aliphatic imine (C=N–C) groups is 1. The lowest BCUT2D eigenvalue weighted by Crippen LogP contribution is -2.36. The van der Waals surface area contributed by atoms with Gasteiger partial charge in [-0.1, -0.05) is 6.07 Å². The summed E-state index contributed by atoms with van der Waals surface area (Å²) in [6.45, 7) is 5.48. The maximum atomic E-state index is 5.30. The Bertz CT molecular complexity index is 651. The second-order valence-electron chi connectivity index (χ2n) is 5.00. The predicted octanol–water partition coefficient (Wildman–Crippen LogP) is 2.63. The van der Waals surface area contributed by atoms with Crippen LogP contribution in [0.3, 0.4) is 0 Å². The Labute approximate surface area is 135 Å². The Morgan fingerprint density at radius 3 is 2.64 bits per heavy atom. The van der Waals surface area contributed by atoms with E-state index in [1.54, 1.807) is 25.5 Å². The highest BCUT2D eigenvalue weighted by Gasteiger charge is 2.03. The number of aromatic nitrogens is 1. The highest BCUT2D eigenvalue weighted by atomic mass is 32.1. The molecule has 22 heavy (non-hydrogen) atoms. The minimum Gasteiger partial charge on any atom is -0.497 e. The number of rotatable bonds is 5. The SMILES string of the molecule is CN=C(NCc1cc(C)cc(OC)c1)NCc1ncc(C)s1. The molecule has 0 aliphatic heterocycles. The van der Waals surface area contributed by atoms with Crippen molar-refractivity contribution in [2.75, 3.05) is 14.2 Å². The molecule has 0 fully saturated rings. The summed E-state index contributed by atoms with van der Waals surface area (Å²) in [4.78, 5) is 9.78. The van der Waals surface area contributed by atoms with Crippen molar-refractivity contribution in [1.82, 2.24) is 15.6 Å². The quantitative estimate of drug-likeness (QED) is 0.657. The van der Waals surface area contributed by atoms with E-state index in [9.17, 15) is 0 Å². The molecule has 0 radical (unpaired) electrons. The van der Waals surface area contributed by atoms with E-state index in [0.717, 1.165) is 22.3 Å². The van der Waals surface area contributed by atoms with Gasteiger partial charge in [-0.3, -0.25) is 4.99 Å². The number of hydrogen-bond acceptors (Lipinski definition) is 4. The van der Waals surface area contributed by atoms with Crippen molar-refractivity contribution in [2.24, 2.45) is 4.99 Å². The second-order valence-corrected chi connectivity index (χ2v) is 6.32. The van der Waals surface area contributed by atoms with Crippen LogP contribution < -0.4 is 15.4 Å². The molecular formula is C16H22N4OS. The smallest absolute Gasteiger partial charge is 0.191 e. The van der Waals surface area contributed by atoms with Crippen molar-refractivity contribution >= 4 is 17.3 Å². The molecule has 0 amide bonds. The first kappa shape index (κ1) is 16.3. The lowest BCUT2D eigenvalue weighted by atomic mass is 10.1. The Balaban J connectivity index is 1.89. The standard InChI is InChI=1S/C16H22N4OS/c1-11-5-13(7-14(6-11)21-4)9-19-16(17-3)20-10-15-18-8-12(2)22-15/h5-8H,9-10H2,1-4H3,(H2,17,19,20). The van der Waals surface area contributed by atoms with Crippen molar-refractivity contribution in [3.05, 3.63) is 45.4 Å². The zero-order valence-electron chi connectivity index (χ0n) is 13.4. The predicted molar refractivity (Wildman–Crippen MR) is 91.6 cm³/mol. The lowest BCUT2D eigenvalue weighted by molar-refractivity contribution is 0.414. The summed E-state index contributed by atoms with van der Waals surface area (Å²) < 4.78 is 5.30.